The molecule has 0 saturated heterocycles. The summed E-state index contributed by atoms with van der Waals surface area (Å²) in [6.45, 7) is 0. The zero-order valence-corrected chi connectivity index (χ0v) is 9.54. The fourth-order valence-corrected chi connectivity index (χ4v) is 0.680. The minimum absolute atomic E-state index is 0. The SMILES string of the molecule is [C-]1=CC=CC1.[C-]1=CC=CC1.[H-].[H-].[H-].[H-].[Ta]. The first-order valence-electron chi connectivity index (χ1n) is 3.43. The van der Waals surface area contributed by atoms with Crippen LogP contribution in [0.1, 0.15) is 18.5 Å². The molecule has 0 amide bonds. The van der Waals surface area contributed by atoms with E-state index in [0.29, 0.717) is 0 Å². The third-order valence-electron chi connectivity index (χ3n) is 1.17. The molecule has 0 aromatic rings. The summed E-state index contributed by atoms with van der Waals surface area (Å²) < 4.78 is 0. The van der Waals surface area contributed by atoms with Crippen LogP contribution in [-0.2, 0) is 22.4 Å². The van der Waals surface area contributed by atoms with Crippen LogP contribution in [0.5, 0.6) is 0 Å². The van der Waals surface area contributed by atoms with Gasteiger partial charge in [-0.15, -0.1) is 12.8 Å². The van der Waals surface area contributed by atoms with E-state index in [-0.39, 0.29) is 28.1 Å². The van der Waals surface area contributed by atoms with E-state index in [1.54, 1.807) is 0 Å². The Morgan fingerprint density at radius 2 is 1.36 bits per heavy atom. The monoisotopic (exact) mass is 315 g/mol. The van der Waals surface area contributed by atoms with Gasteiger partial charge in [-0.1, -0.05) is 0 Å². The molecule has 65 valence electrons. The Morgan fingerprint density at radius 3 is 1.45 bits per heavy atom. The molecule has 0 aromatic carbocycles. The van der Waals surface area contributed by atoms with Crippen LogP contribution in [-0.4, -0.2) is 0 Å². The van der Waals surface area contributed by atoms with Crippen LogP contribution in [0.3, 0.4) is 0 Å². The van der Waals surface area contributed by atoms with Gasteiger partial charge in [0, 0.05) is 22.4 Å². The van der Waals surface area contributed by atoms with Gasteiger partial charge >= 0.3 is 0 Å². The summed E-state index contributed by atoms with van der Waals surface area (Å²) in [5.41, 5.74) is 0. The summed E-state index contributed by atoms with van der Waals surface area (Å²) in [5, 5.41) is 0. The summed E-state index contributed by atoms with van der Waals surface area (Å²) in [7, 11) is 0. The van der Waals surface area contributed by atoms with Gasteiger partial charge in [0.1, 0.15) is 0 Å². The zero-order chi connectivity index (χ0) is 7.07. The Labute approximate surface area is 89.8 Å². The van der Waals surface area contributed by atoms with Crippen LogP contribution in [0.2, 0.25) is 0 Å². The molecule has 0 aliphatic heterocycles. The van der Waals surface area contributed by atoms with Crippen molar-refractivity contribution in [2.45, 2.75) is 12.8 Å². The summed E-state index contributed by atoms with van der Waals surface area (Å²) in [6.07, 6.45) is 20.0. The largest absolute Gasteiger partial charge is 1.00 e. The molecular weight excluding hydrogens is 301 g/mol. The molecule has 0 nitrogen and oxygen atoms in total. The predicted octanol–water partition coefficient (Wildman–Crippen LogP) is 3.06. The number of allylic oxidation sites excluding steroid dienone is 8. The van der Waals surface area contributed by atoms with Crippen molar-refractivity contribution >= 4 is 0 Å². The Morgan fingerprint density at radius 1 is 0.909 bits per heavy atom. The normalized spacial score (nSPS) is 16.0. The van der Waals surface area contributed by atoms with Crippen molar-refractivity contribution in [3.8, 4) is 0 Å². The maximum Gasteiger partial charge on any atom is 0 e. The third-order valence-corrected chi connectivity index (χ3v) is 1.17. The average molecular weight is 315 g/mol. The van der Waals surface area contributed by atoms with E-state index in [2.05, 4.69) is 24.3 Å². The van der Waals surface area contributed by atoms with Gasteiger partial charge in [0.2, 0.25) is 0 Å². The summed E-state index contributed by atoms with van der Waals surface area (Å²) in [4.78, 5) is 0. The molecule has 0 bridgehead atoms. The first-order chi connectivity index (χ1) is 5.00. The molecule has 0 saturated carbocycles. The van der Waals surface area contributed by atoms with Gasteiger partial charge in [-0.25, -0.2) is 24.3 Å². The van der Waals surface area contributed by atoms with Crippen molar-refractivity contribution in [2.24, 2.45) is 0 Å². The second-order valence-electron chi connectivity index (χ2n) is 2.01. The maximum atomic E-state index is 2.99. The fourth-order valence-electron chi connectivity index (χ4n) is 0.680. The molecule has 1 radical (unpaired) electrons. The van der Waals surface area contributed by atoms with Crippen LogP contribution in [0.25, 0.3) is 0 Å². The fraction of sp³-hybridized carbons (Fsp3) is 0.200. The molecule has 2 aliphatic rings. The number of hydrogen-bond acceptors (Lipinski definition) is 0. The molecule has 0 aromatic heterocycles. The minimum atomic E-state index is 0. The van der Waals surface area contributed by atoms with Gasteiger partial charge in [0.25, 0.3) is 0 Å². The van der Waals surface area contributed by atoms with Crippen molar-refractivity contribution in [1.82, 2.24) is 0 Å². The van der Waals surface area contributed by atoms with Crippen LogP contribution >= 0.6 is 0 Å². The number of hydrogen-bond donors (Lipinski definition) is 0. The first kappa shape index (κ1) is 10.7. The summed E-state index contributed by atoms with van der Waals surface area (Å²) in [5.74, 6) is 0. The van der Waals surface area contributed by atoms with Gasteiger partial charge in [0.15, 0.2) is 0 Å². The first-order valence-corrected chi connectivity index (χ1v) is 3.43. The third kappa shape index (κ3) is 6.11. The van der Waals surface area contributed by atoms with Gasteiger partial charge < -0.3 is 5.71 Å². The Balaban J connectivity index is -0.0000000333. The Kier molecular flexibility index (Phi) is 7.59. The van der Waals surface area contributed by atoms with Crippen LogP contribution < -0.4 is 0 Å². The van der Waals surface area contributed by atoms with Crippen LogP contribution in [0.4, 0.5) is 0 Å². The molecule has 0 fully saturated rings. The maximum absolute atomic E-state index is 2.99. The number of rotatable bonds is 0. The zero-order valence-electron chi connectivity index (χ0n) is 10.3. The van der Waals surface area contributed by atoms with Gasteiger partial charge in [-0.3, -0.25) is 12.2 Å². The standard InChI is InChI=1S/2C5H5.Ta.4H/c2*1-2-4-5-3-1;;;;;/h2*1-3H,4H2;;;;;/q2*-1;;4*-1. The minimum Gasteiger partial charge on any atom is -1.00 e. The van der Waals surface area contributed by atoms with Crippen molar-refractivity contribution in [3.05, 3.63) is 48.6 Å². The second kappa shape index (κ2) is 7.80. The van der Waals surface area contributed by atoms with E-state index in [1.807, 2.05) is 24.3 Å². The molecule has 11 heavy (non-hydrogen) atoms. The Hall–Kier alpha value is -0.300. The van der Waals surface area contributed by atoms with E-state index in [1.165, 1.54) is 0 Å². The molecule has 1 heteroatoms. The molecule has 0 spiro atoms. The van der Waals surface area contributed by atoms with Crippen LogP contribution in [0, 0.1) is 12.2 Å². The summed E-state index contributed by atoms with van der Waals surface area (Å²) in [6, 6.07) is 0. The van der Waals surface area contributed by atoms with E-state index >= 15 is 0 Å². The van der Waals surface area contributed by atoms with Crippen molar-refractivity contribution < 1.29 is 28.1 Å². The Bertz CT molecular complexity index is 156. The predicted molar refractivity (Wildman–Crippen MR) is 47.6 cm³/mol. The van der Waals surface area contributed by atoms with Gasteiger partial charge in [-0.05, 0) is 0 Å². The molecular formula is C10H14Ta-6. The summed E-state index contributed by atoms with van der Waals surface area (Å²) >= 11 is 0. The smallest absolute Gasteiger partial charge is 0 e. The molecule has 0 atom stereocenters. The molecule has 2 aliphatic carbocycles. The molecule has 0 N–H and O–H groups in total. The van der Waals surface area contributed by atoms with Crippen molar-refractivity contribution in [2.75, 3.05) is 0 Å². The molecule has 2 rings (SSSR count). The molecule has 0 heterocycles. The topological polar surface area (TPSA) is 0 Å². The van der Waals surface area contributed by atoms with E-state index in [4.69, 9.17) is 0 Å². The van der Waals surface area contributed by atoms with E-state index in [0.717, 1.165) is 12.8 Å². The van der Waals surface area contributed by atoms with E-state index in [9.17, 15) is 0 Å². The molecule has 0 unspecified atom stereocenters. The van der Waals surface area contributed by atoms with Crippen LogP contribution in [0.15, 0.2) is 36.5 Å². The van der Waals surface area contributed by atoms with Crippen molar-refractivity contribution in [3.63, 3.8) is 0 Å². The quantitative estimate of drug-likeness (QED) is 0.603. The van der Waals surface area contributed by atoms with Gasteiger partial charge in [-0.2, -0.15) is 12.2 Å². The van der Waals surface area contributed by atoms with Crippen molar-refractivity contribution in [1.29, 1.82) is 0 Å². The van der Waals surface area contributed by atoms with E-state index < -0.39 is 0 Å². The second-order valence-corrected chi connectivity index (χ2v) is 2.01. The average Bonchev–Trinajstić information content (AvgIpc) is 2.67. The van der Waals surface area contributed by atoms with Gasteiger partial charge in [0.05, 0.1) is 0 Å².